The number of hydrogen-bond donors (Lipinski definition) is 0. The van der Waals surface area contributed by atoms with E-state index in [9.17, 15) is 14.4 Å². The molecule has 2 aliphatic heterocycles. The topological polar surface area (TPSA) is 79.4 Å². The maximum absolute atomic E-state index is 12.9. The molecule has 0 spiro atoms. The van der Waals surface area contributed by atoms with E-state index in [1.807, 2.05) is 52.0 Å². The summed E-state index contributed by atoms with van der Waals surface area (Å²) in [6.45, 7) is 9.79. The molecule has 8 heteroatoms. The second-order valence-corrected chi connectivity index (χ2v) is 8.92. The molecule has 0 aliphatic carbocycles. The summed E-state index contributed by atoms with van der Waals surface area (Å²) in [7, 11) is 0. The molecule has 3 rings (SSSR count). The van der Waals surface area contributed by atoms with Gasteiger partial charge in [-0.3, -0.25) is 9.59 Å². The number of benzene rings is 1. The van der Waals surface area contributed by atoms with Crippen molar-refractivity contribution in [3.05, 3.63) is 24.3 Å². The number of rotatable bonds is 4. The predicted molar refractivity (Wildman–Crippen MR) is 117 cm³/mol. The number of carbonyl (C=O) groups is 3. The smallest absolute Gasteiger partial charge is 0.410 e. The maximum atomic E-state index is 12.9. The molecule has 1 fully saturated rings. The zero-order valence-electron chi connectivity index (χ0n) is 18.9. The normalized spacial score (nSPS) is 19.4. The molecule has 3 amide bonds. The molecule has 1 aromatic rings. The van der Waals surface area contributed by atoms with E-state index in [4.69, 9.17) is 9.47 Å². The summed E-state index contributed by atoms with van der Waals surface area (Å²) in [5.41, 5.74) is 0.160. The van der Waals surface area contributed by atoms with Crippen LogP contribution in [0, 0.1) is 0 Å². The Labute approximate surface area is 184 Å². The van der Waals surface area contributed by atoms with Gasteiger partial charge in [-0.15, -0.1) is 0 Å². The van der Waals surface area contributed by atoms with Crippen LogP contribution >= 0.6 is 0 Å². The van der Waals surface area contributed by atoms with E-state index in [1.54, 1.807) is 14.7 Å². The third-order valence-corrected chi connectivity index (χ3v) is 5.39. The highest BCUT2D eigenvalue weighted by molar-refractivity contribution is 6.00. The van der Waals surface area contributed by atoms with Crippen molar-refractivity contribution in [3.8, 4) is 5.75 Å². The Balaban J connectivity index is 1.58. The number of nitrogens with zero attached hydrogens (tertiary/aromatic N) is 3. The van der Waals surface area contributed by atoms with Gasteiger partial charge in [0.05, 0.1) is 5.69 Å². The highest BCUT2D eigenvalue weighted by Crippen LogP contribution is 2.34. The van der Waals surface area contributed by atoms with Gasteiger partial charge in [0.25, 0.3) is 5.91 Å². The maximum Gasteiger partial charge on any atom is 0.410 e. The van der Waals surface area contributed by atoms with Gasteiger partial charge in [0, 0.05) is 39.1 Å². The van der Waals surface area contributed by atoms with Crippen LogP contribution in [0.5, 0.6) is 5.75 Å². The van der Waals surface area contributed by atoms with Crippen LogP contribution in [0.1, 0.15) is 47.0 Å². The first-order valence-electron chi connectivity index (χ1n) is 11.0. The summed E-state index contributed by atoms with van der Waals surface area (Å²) in [4.78, 5) is 43.1. The summed E-state index contributed by atoms with van der Waals surface area (Å²) in [6.07, 6.45) is 0.628. The van der Waals surface area contributed by atoms with Gasteiger partial charge in [-0.25, -0.2) is 4.79 Å². The molecule has 2 heterocycles. The van der Waals surface area contributed by atoms with E-state index in [0.717, 1.165) is 0 Å². The Morgan fingerprint density at radius 2 is 1.77 bits per heavy atom. The van der Waals surface area contributed by atoms with Crippen LogP contribution in [0.25, 0.3) is 0 Å². The van der Waals surface area contributed by atoms with Gasteiger partial charge in [-0.2, -0.15) is 0 Å². The molecule has 0 aromatic heterocycles. The minimum atomic E-state index is -0.545. The number of fused-ring (bicyclic) bond motifs is 1. The lowest BCUT2D eigenvalue weighted by atomic mass is 10.1. The van der Waals surface area contributed by atoms with Crippen molar-refractivity contribution in [2.24, 2.45) is 0 Å². The molecular formula is C23H33N3O5. The van der Waals surface area contributed by atoms with E-state index >= 15 is 0 Å². The van der Waals surface area contributed by atoms with Crippen molar-refractivity contribution in [1.29, 1.82) is 0 Å². The molecule has 8 nitrogen and oxygen atoms in total. The number of anilines is 1. The lowest BCUT2D eigenvalue weighted by Crippen LogP contribution is -2.47. The van der Waals surface area contributed by atoms with Crippen LogP contribution in [-0.2, 0) is 14.3 Å². The number of carbonyl (C=O) groups excluding carboxylic acids is 3. The van der Waals surface area contributed by atoms with Gasteiger partial charge < -0.3 is 24.2 Å². The Bertz CT molecular complexity index is 820. The fraction of sp³-hybridized carbons (Fsp3) is 0.609. The van der Waals surface area contributed by atoms with Crippen molar-refractivity contribution in [1.82, 2.24) is 9.80 Å². The van der Waals surface area contributed by atoms with E-state index in [-0.39, 0.29) is 24.3 Å². The first kappa shape index (κ1) is 22.9. The van der Waals surface area contributed by atoms with Crippen molar-refractivity contribution in [3.63, 3.8) is 0 Å². The SMILES string of the molecule is CCC1Oc2ccccc2N(CCC(=O)N2CCCN(C(=O)OC(C)(C)C)CC2)C1=O. The zero-order valence-corrected chi connectivity index (χ0v) is 18.9. The van der Waals surface area contributed by atoms with E-state index in [1.165, 1.54) is 0 Å². The van der Waals surface area contributed by atoms with Crippen molar-refractivity contribution < 1.29 is 23.9 Å². The molecule has 1 saturated heterocycles. The fourth-order valence-electron chi connectivity index (χ4n) is 3.81. The minimum absolute atomic E-state index is 0.0177. The summed E-state index contributed by atoms with van der Waals surface area (Å²) in [6, 6.07) is 7.42. The van der Waals surface area contributed by atoms with Crippen molar-refractivity contribution >= 4 is 23.6 Å². The van der Waals surface area contributed by atoms with Gasteiger partial charge in [0.2, 0.25) is 5.91 Å². The monoisotopic (exact) mass is 431 g/mol. The minimum Gasteiger partial charge on any atom is -0.478 e. The second kappa shape index (κ2) is 9.58. The lowest BCUT2D eigenvalue weighted by Gasteiger charge is -2.34. The molecule has 2 aliphatic rings. The third kappa shape index (κ3) is 5.68. The number of hydrogen-bond acceptors (Lipinski definition) is 5. The Morgan fingerprint density at radius 1 is 1.10 bits per heavy atom. The van der Waals surface area contributed by atoms with Crippen LogP contribution in [0.4, 0.5) is 10.5 Å². The molecule has 31 heavy (non-hydrogen) atoms. The lowest BCUT2D eigenvalue weighted by molar-refractivity contribution is -0.131. The third-order valence-electron chi connectivity index (χ3n) is 5.39. The van der Waals surface area contributed by atoms with Crippen LogP contribution in [0.2, 0.25) is 0 Å². The summed E-state index contributed by atoms with van der Waals surface area (Å²) >= 11 is 0. The molecule has 0 saturated carbocycles. The number of amides is 3. The Morgan fingerprint density at radius 3 is 2.48 bits per heavy atom. The fourth-order valence-corrected chi connectivity index (χ4v) is 3.81. The van der Waals surface area contributed by atoms with Crippen LogP contribution in [-0.4, -0.2) is 72.1 Å². The van der Waals surface area contributed by atoms with E-state index in [0.29, 0.717) is 57.0 Å². The first-order valence-corrected chi connectivity index (χ1v) is 11.0. The van der Waals surface area contributed by atoms with E-state index < -0.39 is 11.7 Å². The van der Waals surface area contributed by atoms with Gasteiger partial charge in [0.15, 0.2) is 6.10 Å². The van der Waals surface area contributed by atoms with Gasteiger partial charge in [0.1, 0.15) is 11.4 Å². The molecule has 1 unspecified atom stereocenters. The highest BCUT2D eigenvalue weighted by Gasteiger charge is 2.33. The predicted octanol–water partition coefficient (Wildman–Crippen LogP) is 3.05. The zero-order chi connectivity index (χ0) is 22.6. The summed E-state index contributed by atoms with van der Waals surface area (Å²) in [5, 5.41) is 0. The van der Waals surface area contributed by atoms with Crippen LogP contribution in [0.15, 0.2) is 24.3 Å². The molecule has 170 valence electrons. The number of ether oxygens (including phenoxy) is 2. The van der Waals surface area contributed by atoms with Gasteiger partial charge in [-0.05, 0) is 45.7 Å². The number of para-hydroxylation sites is 2. The summed E-state index contributed by atoms with van der Waals surface area (Å²) < 4.78 is 11.2. The molecular weight excluding hydrogens is 398 g/mol. The van der Waals surface area contributed by atoms with Gasteiger partial charge >= 0.3 is 6.09 Å². The van der Waals surface area contributed by atoms with Crippen LogP contribution in [0.3, 0.4) is 0 Å². The average Bonchev–Trinajstić information content (AvgIpc) is 2.98. The van der Waals surface area contributed by atoms with Crippen molar-refractivity contribution in [2.45, 2.75) is 58.7 Å². The average molecular weight is 432 g/mol. The van der Waals surface area contributed by atoms with Crippen LogP contribution < -0.4 is 9.64 Å². The van der Waals surface area contributed by atoms with Gasteiger partial charge in [-0.1, -0.05) is 19.1 Å². The van der Waals surface area contributed by atoms with E-state index in [2.05, 4.69) is 0 Å². The molecule has 0 bridgehead atoms. The molecule has 1 atom stereocenters. The van der Waals surface area contributed by atoms with Crippen molar-refractivity contribution in [2.75, 3.05) is 37.6 Å². The Kier molecular flexibility index (Phi) is 7.08. The highest BCUT2D eigenvalue weighted by atomic mass is 16.6. The second-order valence-electron chi connectivity index (χ2n) is 8.92. The standard InChI is InChI=1S/C23H33N3O5/c1-5-18-21(28)26(17-9-6-7-10-19(17)30-18)14-11-20(27)24-12-8-13-25(16-15-24)22(29)31-23(2,3)4/h6-7,9-10,18H,5,8,11-16H2,1-4H3. The summed E-state index contributed by atoms with van der Waals surface area (Å²) in [5.74, 6) is 0.543. The molecule has 0 radical (unpaired) electrons. The first-order chi connectivity index (χ1) is 14.7. The quantitative estimate of drug-likeness (QED) is 0.732. The molecule has 1 aromatic carbocycles. The molecule has 0 N–H and O–H groups in total. The Hall–Kier alpha value is -2.77. The largest absolute Gasteiger partial charge is 0.478 e.